The summed E-state index contributed by atoms with van der Waals surface area (Å²) in [6.45, 7) is 1.80. The Balaban J connectivity index is 3.29. The van der Waals surface area contributed by atoms with Gasteiger partial charge in [-0.3, -0.25) is 4.99 Å². The molecule has 0 rings (SSSR count). The van der Waals surface area contributed by atoms with Crippen LogP contribution in [0.15, 0.2) is 4.99 Å². The van der Waals surface area contributed by atoms with Crippen LogP contribution in [0.5, 0.6) is 0 Å². The molecule has 2 nitrogen and oxygen atoms in total. The monoisotopic (exact) mass is 119 g/mol. The number of rotatable bonds is 2. The zero-order valence-corrected chi connectivity index (χ0v) is 5.15. The molecule has 0 saturated carbocycles. The highest BCUT2D eigenvalue weighted by molar-refractivity contribution is 7.80. The third kappa shape index (κ3) is 3.82. The van der Waals surface area contributed by atoms with E-state index in [1.807, 2.05) is 0 Å². The van der Waals surface area contributed by atoms with Gasteiger partial charge in [-0.05, 0) is 6.92 Å². The van der Waals surface area contributed by atoms with Crippen LogP contribution in [0.2, 0.25) is 0 Å². The SMILES string of the molecule is C/C(CO)=N/CS. The van der Waals surface area contributed by atoms with Gasteiger partial charge in [-0.1, -0.05) is 0 Å². The maximum atomic E-state index is 8.30. The highest BCUT2D eigenvalue weighted by Gasteiger charge is 1.79. The molecule has 0 amide bonds. The van der Waals surface area contributed by atoms with Gasteiger partial charge in [-0.15, -0.1) is 0 Å². The third-order valence-electron chi connectivity index (χ3n) is 0.569. The van der Waals surface area contributed by atoms with Crippen molar-refractivity contribution in [2.75, 3.05) is 12.5 Å². The van der Waals surface area contributed by atoms with Crippen LogP contribution >= 0.6 is 12.6 Å². The van der Waals surface area contributed by atoms with Gasteiger partial charge >= 0.3 is 0 Å². The van der Waals surface area contributed by atoms with Gasteiger partial charge in [-0.25, -0.2) is 0 Å². The van der Waals surface area contributed by atoms with Crippen LogP contribution in [0, 0.1) is 0 Å². The van der Waals surface area contributed by atoms with E-state index >= 15 is 0 Å². The number of hydrogen-bond donors (Lipinski definition) is 2. The van der Waals surface area contributed by atoms with Gasteiger partial charge in [0, 0.05) is 5.71 Å². The average molecular weight is 119 g/mol. The van der Waals surface area contributed by atoms with E-state index in [2.05, 4.69) is 17.6 Å². The van der Waals surface area contributed by atoms with E-state index < -0.39 is 0 Å². The first-order valence-electron chi connectivity index (χ1n) is 2.03. The quantitative estimate of drug-likeness (QED) is 0.398. The molecular weight excluding hydrogens is 110 g/mol. The molecule has 0 atom stereocenters. The Kier molecular flexibility index (Phi) is 4.14. The van der Waals surface area contributed by atoms with Crippen LogP contribution in [0.1, 0.15) is 6.92 Å². The second-order valence-corrected chi connectivity index (χ2v) is 1.48. The molecule has 3 heteroatoms. The number of thiol groups is 1. The minimum Gasteiger partial charge on any atom is -0.390 e. The van der Waals surface area contributed by atoms with Crippen molar-refractivity contribution in [1.82, 2.24) is 0 Å². The Morgan fingerprint density at radius 3 is 2.57 bits per heavy atom. The van der Waals surface area contributed by atoms with Crippen molar-refractivity contribution in [2.45, 2.75) is 6.92 Å². The molecule has 0 bridgehead atoms. The fourth-order valence-electron chi connectivity index (χ4n) is 0.171. The van der Waals surface area contributed by atoms with Crippen molar-refractivity contribution in [3.05, 3.63) is 0 Å². The van der Waals surface area contributed by atoms with Crippen LogP contribution in [-0.4, -0.2) is 23.3 Å². The van der Waals surface area contributed by atoms with E-state index in [0.717, 1.165) is 5.71 Å². The zero-order valence-electron chi connectivity index (χ0n) is 4.26. The summed E-state index contributed by atoms with van der Waals surface area (Å²) < 4.78 is 0. The molecule has 0 heterocycles. The van der Waals surface area contributed by atoms with Crippen molar-refractivity contribution >= 4 is 18.3 Å². The average Bonchev–Trinajstić information content (AvgIpc) is 1.68. The van der Waals surface area contributed by atoms with E-state index in [1.54, 1.807) is 6.92 Å². The van der Waals surface area contributed by atoms with E-state index in [1.165, 1.54) is 0 Å². The Morgan fingerprint density at radius 2 is 2.43 bits per heavy atom. The summed E-state index contributed by atoms with van der Waals surface area (Å²) in [4.78, 5) is 3.77. The first-order chi connectivity index (χ1) is 3.31. The molecule has 0 saturated heterocycles. The van der Waals surface area contributed by atoms with E-state index in [-0.39, 0.29) is 6.61 Å². The summed E-state index contributed by atoms with van der Waals surface area (Å²) in [6, 6.07) is 0. The molecule has 0 aromatic carbocycles. The lowest BCUT2D eigenvalue weighted by Gasteiger charge is -1.87. The lowest BCUT2D eigenvalue weighted by atomic mass is 10.5. The summed E-state index contributed by atoms with van der Waals surface area (Å²) in [7, 11) is 0. The normalized spacial score (nSPS) is 12.1. The van der Waals surface area contributed by atoms with Crippen molar-refractivity contribution in [2.24, 2.45) is 4.99 Å². The molecule has 0 radical (unpaired) electrons. The molecule has 0 unspecified atom stereocenters. The second-order valence-electron chi connectivity index (χ2n) is 1.19. The van der Waals surface area contributed by atoms with E-state index in [0.29, 0.717) is 5.88 Å². The van der Waals surface area contributed by atoms with E-state index in [9.17, 15) is 0 Å². The molecular formula is C4H9NOS. The molecule has 0 aliphatic heterocycles. The van der Waals surface area contributed by atoms with Crippen molar-refractivity contribution in [3.8, 4) is 0 Å². The Labute approximate surface area is 48.7 Å². The van der Waals surface area contributed by atoms with Gasteiger partial charge in [0.2, 0.25) is 0 Å². The number of aliphatic imine (C=N–C) groups is 1. The largest absolute Gasteiger partial charge is 0.390 e. The van der Waals surface area contributed by atoms with Gasteiger partial charge in [0.1, 0.15) is 0 Å². The highest BCUT2D eigenvalue weighted by Crippen LogP contribution is 1.77. The molecule has 0 spiro atoms. The number of nitrogens with zero attached hydrogens (tertiary/aromatic N) is 1. The van der Waals surface area contributed by atoms with Gasteiger partial charge in [-0.2, -0.15) is 12.6 Å². The zero-order chi connectivity index (χ0) is 5.70. The molecule has 1 N–H and O–H groups in total. The standard InChI is InChI=1S/C4H9NOS/c1-4(2-6)5-3-7/h6-7H,2-3H2,1H3/b5-4-. The van der Waals surface area contributed by atoms with Gasteiger partial charge in [0.15, 0.2) is 0 Å². The molecule has 7 heavy (non-hydrogen) atoms. The molecule has 42 valence electrons. The Hall–Kier alpha value is -0.0200. The van der Waals surface area contributed by atoms with Gasteiger partial charge in [0.05, 0.1) is 12.5 Å². The third-order valence-corrected chi connectivity index (χ3v) is 0.711. The van der Waals surface area contributed by atoms with Crippen molar-refractivity contribution < 1.29 is 5.11 Å². The summed E-state index contributed by atoms with van der Waals surface area (Å²) in [5, 5.41) is 8.30. The topological polar surface area (TPSA) is 32.6 Å². The maximum Gasteiger partial charge on any atom is 0.0815 e. The summed E-state index contributed by atoms with van der Waals surface area (Å²) in [6.07, 6.45) is 0. The first-order valence-corrected chi connectivity index (χ1v) is 2.66. The second kappa shape index (κ2) is 4.15. The molecule has 0 aliphatic carbocycles. The van der Waals surface area contributed by atoms with Crippen molar-refractivity contribution in [1.29, 1.82) is 0 Å². The predicted octanol–water partition coefficient (Wildman–Crippen LogP) is 0.327. The Bertz CT molecular complexity index is 72.1. The number of aliphatic hydroxyl groups is 1. The summed E-state index contributed by atoms with van der Waals surface area (Å²) in [5.74, 6) is 0.465. The fraction of sp³-hybridized carbons (Fsp3) is 0.750. The van der Waals surface area contributed by atoms with Crippen LogP contribution in [0.25, 0.3) is 0 Å². The minimum atomic E-state index is 0.0422. The lowest BCUT2D eigenvalue weighted by molar-refractivity contribution is 0.356. The summed E-state index contributed by atoms with van der Waals surface area (Å²) >= 11 is 3.82. The minimum absolute atomic E-state index is 0.0422. The maximum absolute atomic E-state index is 8.30. The predicted molar refractivity (Wildman–Crippen MR) is 34.0 cm³/mol. The van der Waals surface area contributed by atoms with Crippen LogP contribution in [-0.2, 0) is 0 Å². The molecule has 0 aromatic heterocycles. The first kappa shape index (κ1) is 6.98. The number of hydrogen-bond acceptors (Lipinski definition) is 3. The van der Waals surface area contributed by atoms with Gasteiger partial charge < -0.3 is 5.11 Å². The van der Waals surface area contributed by atoms with E-state index in [4.69, 9.17) is 5.11 Å². The Morgan fingerprint density at radius 1 is 1.86 bits per heavy atom. The molecule has 0 fully saturated rings. The van der Waals surface area contributed by atoms with Crippen LogP contribution < -0.4 is 0 Å². The van der Waals surface area contributed by atoms with Gasteiger partial charge in [0.25, 0.3) is 0 Å². The number of aliphatic hydroxyl groups excluding tert-OH is 1. The smallest absolute Gasteiger partial charge is 0.0815 e. The highest BCUT2D eigenvalue weighted by atomic mass is 32.1. The fourth-order valence-corrected chi connectivity index (χ4v) is 0.412. The van der Waals surface area contributed by atoms with Crippen LogP contribution in [0.4, 0.5) is 0 Å². The molecule has 0 aromatic rings. The lowest BCUT2D eigenvalue weighted by Crippen LogP contribution is -1.96. The summed E-state index contributed by atoms with van der Waals surface area (Å²) in [5.41, 5.74) is 0.731. The van der Waals surface area contributed by atoms with Crippen molar-refractivity contribution in [3.63, 3.8) is 0 Å². The van der Waals surface area contributed by atoms with Crippen LogP contribution in [0.3, 0.4) is 0 Å². The molecule has 0 aliphatic rings.